The maximum Gasteiger partial charge on any atom is 0.223 e. The molecule has 1 fully saturated rings. The fraction of sp³-hybridized carbons (Fsp3) is 0.583. The minimum Gasteiger partial charge on any atom is -0.469 e. The summed E-state index contributed by atoms with van der Waals surface area (Å²) < 4.78 is 10.6. The van der Waals surface area contributed by atoms with Gasteiger partial charge in [-0.1, -0.05) is 0 Å². The number of morpholine rings is 1. The highest BCUT2D eigenvalue weighted by molar-refractivity contribution is 5.76. The molecule has 1 amide bonds. The van der Waals surface area contributed by atoms with Gasteiger partial charge in [-0.2, -0.15) is 0 Å². The van der Waals surface area contributed by atoms with Crippen LogP contribution in [-0.2, 0) is 16.0 Å². The Hall–Kier alpha value is -1.29. The van der Waals surface area contributed by atoms with Crippen LogP contribution in [0.2, 0.25) is 0 Å². The van der Waals surface area contributed by atoms with E-state index in [0.29, 0.717) is 32.5 Å². The first kappa shape index (κ1) is 11.2. The standard InChI is InChI=1S/C12H17NO3/c1-10-9-13(6-8-15-10)12(14)5-4-11-3-2-7-16-11/h2-3,7,10H,4-6,8-9H2,1H3. The van der Waals surface area contributed by atoms with Gasteiger partial charge in [-0.15, -0.1) is 0 Å². The van der Waals surface area contributed by atoms with E-state index < -0.39 is 0 Å². The molecule has 1 aromatic rings. The van der Waals surface area contributed by atoms with Crippen LogP contribution >= 0.6 is 0 Å². The summed E-state index contributed by atoms with van der Waals surface area (Å²) in [7, 11) is 0. The molecule has 0 aromatic carbocycles. The Morgan fingerprint density at radius 1 is 1.62 bits per heavy atom. The Morgan fingerprint density at radius 3 is 3.19 bits per heavy atom. The fourth-order valence-corrected chi connectivity index (χ4v) is 1.89. The lowest BCUT2D eigenvalue weighted by molar-refractivity contribution is -0.138. The molecule has 16 heavy (non-hydrogen) atoms. The molecule has 2 rings (SSSR count). The van der Waals surface area contributed by atoms with Crippen molar-refractivity contribution in [3.63, 3.8) is 0 Å². The minimum atomic E-state index is 0.154. The van der Waals surface area contributed by atoms with Gasteiger partial charge in [0.2, 0.25) is 5.91 Å². The molecule has 0 saturated carbocycles. The number of furan rings is 1. The van der Waals surface area contributed by atoms with Gasteiger partial charge in [0, 0.05) is 25.9 Å². The Bertz CT molecular complexity index is 334. The normalized spacial score (nSPS) is 21.1. The quantitative estimate of drug-likeness (QED) is 0.779. The average Bonchev–Trinajstić information content (AvgIpc) is 2.78. The average molecular weight is 223 g/mol. The molecule has 0 radical (unpaired) electrons. The summed E-state index contributed by atoms with van der Waals surface area (Å²) in [5, 5.41) is 0. The topological polar surface area (TPSA) is 42.7 Å². The molecule has 0 N–H and O–H groups in total. The van der Waals surface area contributed by atoms with E-state index in [1.807, 2.05) is 24.0 Å². The summed E-state index contributed by atoms with van der Waals surface area (Å²) in [5.74, 6) is 1.06. The third kappa shape index (κ3) is 2.85. The fourth-order valence-electron chi connectivity index (χ4n) is 1.89. The molecule has 0 spiro atoms. The zero-order valence-electron chi connectivity index (χ0n) is 9.52. The maximum absolute atomic E-state index is 11.9. The third-order valence-corrected chi connectivity index (χ3v) is 2.76. The van der Waals surface area contributed by atoms with Crippen molar-refractivity contribution < 1.29 is 13.9 Å². The van der Waals surface area contributed by atoms with E-state index in [2.05, 4.69) is 0 Å². The smallest absolute Gasteiger partial charge is 0.223 e. The van der Waals surface area contributed by atoms with Crippen molar-refractivity contribution in [2.24, 2.45) is 0 Å². The van der Waals surface area contributed by atoms with E-state index in [1.165, 1.54) is 0 Å². The number of amides is 1. The van der Waals surface area contributed by atoms with Gasteiger partial charge in [-0.3, -0.25) is 4.79 Å². The van der Waals surface area contributed by atoms with Crippen LogP contribution in [0.15, 0.2) is 22.8 Å². The van der Waals surface area contributed by atoms with Crippen LogP contribution in [0.5, 0.6) is 0 Å². The van der Waals surface area contributed by atoms with Crippen LogP contribution in [0.3, 0.4) is 0 Å². The first-order valence-corrected chi connectivity index (χ1v) is 5.67. The largest absolute Gasteiger partial charge is 0.469 e. The Morgan fingerprint density at radius 2 is 2.50 bits per heavy atom. The van der Waals surface area contributed by atoms with Crippen molar-refractivity contribution in [3.05, 3.63) is 24.2 Å². The third-order valence-electron chi connectivity index (χ3n) is 2.76. The molecule has 88 valence electrons. The SMILES string of the molecule is CC1CN(C(=O)CCc2ccco2)CCO1. The second-order valence-corrected chi connectivity index (χ2v) is 4.10. The zero-order chi connectivity index (χ0) is 11.4. The summed E-state index contributed by atoms with van der Waals surface area (Å²) in [4.78, 5) is 13.7. The van der Waals surface area contributed by atoms with E-state index in [-0.39, 0.29) is 12.0 Å². The van der Waals surface area contributed by atoms with Crippen LogP contribution in [-0.4, -0.2) is 36.6 Å². The molecule has 4 nitrogen and oxygen atoms in total. The highest BCUT2D eigenvalue weighted by Gasteiger charge is 2.20. The number of ether oxygens (including phenoxy) is 1. The van der Waals surface area contributed by atoms with Crippen LogP contribution < -0.4 is 0 Å². The summed E-state index contributed by atoms with van der Waals surface area (Å²) in [6.45, 7) is 4.05. The zero-order valence-corrected chi connectivity index (χ0v) is 9.52. The number of hydrogen-bond acceptors (Lipinski definition) is 3. The van der Waals surface area contributed by atoms with Gasteiger partial charge in [-0.25, -0.2) is 0 Å². The van der Waals surface area contributed by atoms with Gasteiger partial charge < -0.3 is 14.1 Å². The molecule has 0 bridgehead atoms. The van der Waals surface area contributed by atoms with Crippen molar-refractivity contribution in [1.29, 1.82) is 0 Å². The van der Waals surface area contributed by atoms with Gasteiger partial charge in [-0.05, 0) is 19.1 Å². The highest BCUT2D eigenvalue weighted by Crippen LogP contribution is 2.09. The molecule has 1 atom stereocenters. The van der Waals surface area contributed by atoms with E-state index in [4.69, 9.17) is 9.15 Å². The lowest BCUT2D eigenvalue weighted by Crippen LogP contribution is -2.44. The van der Waals surface area contributed by atoms with Crippen LogP contribution in [0.4, 0.5) is 0 Å². The molecule has 0 aliphatic carbocycles. The number of hydrogen-bond donors (Lipinski definition) is 0. The Balaban J connectivity index is 1.79. The highest BCUT2D eigenvalue weighted by atomic mass is 16.5. The van der Waals surface area contributed by atoms with E-state index in [1.54, 1.807) is 6.26 Å². The van der Waals surface area contributed by atoms with Crippen molar-refractivity contribution in [3.8, 4) is 0 Å². The molecule has 1 aliphatic heterocycles. The Kier molecular flexibility index (Phi) is 3.62. The summed E-state index contributed by atoms with van der Waals surface area (Å²) >= 11 is 0. The lowest BCUT2D eigenvalue weighted by atomic mass is 10.2. The van der Waals surface area contributed by atoms with Gasteiger partial charge in [0.15, 0.2) is 0 Å². The van der Waals surface area contributed by atoms with E-state index in [9.17, 15) is 4.79 Å². The van der Waals surface area contributed by atoms with Crippen molar-refractivity contribution in [2.75, 3.05) is 19.7 Å². The van der Waals surface area contributed by atoms with E-state index >= 15 is 0 Å². The number of aryl methyl sites for hydroxylation is 1. The van der Waals surface area contributed by atoms with Crippen molar-refractivity contribution >= 4 is 5.91 Å². The molecule has 1 aromatic heterocycles. The van der Waals surface area contributed by atoms with Crippen LogP contribution in [0.25, 0.3) is 0 Å². The molecular formula is C12H17NO3. The number of carbonyl (C=O) groups is 1. The molecule has 1 unspecified atom stereocenters. The summed E-state index contributed by atoms with van der Waals surface area (Å²) in [5.41, 5.74) is 0. The molecular weight excluding hydrogens is 206 g/mol. The maximum atomic E-state index is 11.9. The predicted molar refractivity (Wildman–Crippen MR) is 59.0 cm³/mol. The summed E-state index contributed by atoms with van der Waals surface area (Å²) in [6.07, 6.45) is 2.98. The molecule has 4 heteroatoms. The lowest BCUT2D eigenvalue weighted by Gasteiger charge is -2.31. The molecule has 2 heterocycles. The predicted octanol–water partition coefficient (Wildman–Crippen LogP) is 1.46. The number of carbonyl (C=O) groups excluding carboxylic acids is 1. The van der Waals surface area contributed by atoms with Gasteiger partial charge in [0.25, 0.3) is 0 Å². The van der Waals surface area contributed by atoms with Gasteiger partial charge in [0.05, 0.1) is 19.0 Å². The molecule has 1 aliphatic rings. The number of nitrogens with zero attached hydrogens (tertiary/aromatic N) is 1. The first-order chi connectivity index (χ1) is 7.75. The minimum absolute atomic E-state index is 0.154. The second kappa shape index (κ2) is 5.16. The summed E-state index contributed by atoms with van der Waals surface area (Å²) in [6, 6.07) is 3.74. The van der Waals surface area contributed by atoms with Crippen molar-refractivity contribution in [1.82, 2.24) is 4.90 Å². The molecule has 1 saturated heterocycles. The van der Waals surface area contributed by atoms with Gasteiger partial charge in [0.1, 0.15) is 5.76 Å². The monoisotopic (exact) mass is 223 g/mol. The number of rotatable bonds is 3. The van der Waals surface area contributed by atoms with Gasteiger partial charge >= 0.3 is 0 Å². The van der Waals surface area contributed by atoms with Crippen LogP contribution in [0, 0.1) is 0 Å². The van der Waals surface area contributed by atoms with Crippen molar-refractivity contribution in [2.45, 2.75) is 25.9 Å². The Labute approximate surface area is 95.2 Å². The van der Waals surface area contributed by atoms with Crippen LogP contribution in [0.1, 0.15) is 19.1 Å². The second-order valence-electron chi connectivity index (χ2n) is 4.10. The van der Waals surface area contributed by atoms with E-state index in [0.717, 1.165) is 5.76 Å². The first-order valence-electron chi connectivity index (χ1n) is 5.67.